The zero-order chi connectivity index (χ0) is 13.7. The van der Waals surface area contributed by atoms with E-state index in [9.17, 15) is 5.11 Å². The van der Waals surface area contributed by atoms with Gasteiger partial charge in [-0.25, -0.2) is 9.97 Å². The zero-order valence-corrected chi connectivity index (χ0v) is 11.9. The number of aromatic nitrogens is 2. The van der Waals surface area contributed by atoms with Crippen molar-refractivity contribution >= 4 is 11.6 Å². The summed E-state index contributed by atoms with van der Waals surface area (Å²) in [4.78, 5) is 13.2. The lowest BCUT2D eigenvalue weighted by atomic mass is 9.99. The highest BCUT2D eigenvalue weighted by Crippen LogP contribution is 2.23. The highest BCUT2D eigenvalue weighted by Gasteiger charge is 2.20. The van der Waals surface area contributed by atoms with Crippen LogP contribution in [0.3, 0.4) is 0 Å². The van der Waals surface area contributed by atoms with Gasteiger partial charge in [-0.3, -0.25) is 0 Å². The van der Waals surface area contributed by atoms with Crippen molar-refractivity contribution in [2.75, 3.05) is 42.6 Å². The first-order valence-electron chi connectivity index (χ1n) is 7.21. The molecule has 0 saturated carbocycles. The van der Waals surface area contributed by atoms with E-state index in [1.54, 1.807) is 6.33 Å². The summed E-state index contributed by atoms with van der Waals surface area (Å²) < 4.78 is 0. The van der Waals surface area contributed by atoms with Crippen LogP contribution in [-0.4, -0.2) is 47.9 Å². The molecule has 0 aliphatic carbocycles. The molecule has 0 amide bonds. The molecule has 1 aromatic heterocycles. The van der Waals surface area contributed by atoms with E-state index in [-0.39, 0.29) is 6.61 Å². The number of aliphatic hydroxyl groups is 1. The quantitative estimate of drug-likeness (QED) is 0.874. The van der Waals surface area contributed by atoms with Crippen molar-refractivity contribution in [3.05, 3.63) is 12.4 Å². The van der Waals surface area contributed by atoms with Gasteiger partial charge >= 0.3 is 0 Å². The number of hydrogen-bond acceptors (Lipinski definition) is 5. The van der Waals surface area contributed by atoms with Gasteiger partial charge in [-0.05, 0) is 32.6 Å². The molecule has 1 aliphatic heterocycles. The monoisotopic (exact) mass is 264 g/mol. The average Bonchev–Trinajstić information content (AvgIpc) is 2.49. The first kappa shape index (κ1) is 14.1. The fraction of sp³-hybridized carbons (Fsp3) is 0.714. The molecular formula is C14H24N4O. The molecule has 5 heteroatoms. The predicted molar refractivity (Wildman–Crippen MR) is 77.6 cm³/mol. The number of rotatable bonds is 5. The number of aliphatic hydroxyl groups excluding tert-OH is 1. The van der Waals surface area contributed by atoms with E-state index in [0.29, 0.717) is 5.92 Å². The Morgan fingerprint density at radius 3 is 2.84 bits per heavy atom. The Bertz CT molecular complexity index is 395. The molecule has 2 heterocycles. The van der Waals surface area contributed by atoms with Crippen LogP contribution >= 0.6 is 0 Å². The summed E-state index contributed by atoms with van der Waals surface area (Å²) in [5.74, 6) is 2.34. The third-order valence-electron chi connectivity index (χ3n) is 3.83. The van der Waals surface area contributed by atoms with Crippen LogP contribution in [0.1, 0.15) is 26.7 Å². The molecule has 0 spiro atoms. The van der Waals surface area contributed by atoms with Gasteiger partial charge in [-0.2, -0.15) is 0 Å². The van der Waals surface area contributed by atoms with Gasteiger partial charge in [0.15, 0.2) is 0 Å². The highest BCUT2D eigenvalue weighted by atomic mass is 16.3. The molecule has 0 bridgehead atoms. The molecule has 19 heavy (non-hydrogen) atoms. The Balaban J connectivity index is 2.13. The minimum Gasteiger partial charge on any atom is -0.396 e. The lowest BCUT2D eigenvalue weighted by Gasteiger charge is -2.33. The topological polar surface area (TPSA) is 52.5 Å². The van der Waals surface area contributed by atoms with Gasteiger partial charge in [0.25, 0.3) is 0 Å². The lowest BCUT2D eigenvalue weighted by Crippen LogP contribution is -2.37. The summed E-state index contributed by atoms with van der Waals surface area (Å²) in [6.45, 7) is 8.35. The van der Waals surface area contributed by atoms with E-state index in [0.717, 1.165) is 50.7 Å². The Labute approximate surface area is 115 Å². The number of piperidine rings is 1. The first-order valence-corrected chi connectivity index (χ1v) is 7.21. The third-order valence-corrected chi connectivity index (χ3v) is 3.83. The van der Waals surface area contributed by atoms with Gasteiger partial charge < -0.3 is 14.9 Å². The second-order valence-corrected chi connectivity index (χ2v) is 5.04. The molecule has 106 valence electrons. The molecule has 5 nitrogen and oxygen atoms in total. The Morgan fingerprint density at radius 2 is 2.16 bits per heavy atom. The van der Waals surface area contributed by atoms with Crippen molar-refractivity contribution in [1.29, 1.82) is 0 Å². The molecule has 1 atom stereocenters. The Hall–Kier alpha value is -1.36. The predicted octanol–water partition coefficient (Wildman–Crippen LogP) is 1.53. The van der Waals surface area contributed by atoms with E-state index in [2.05, 4.69) is 39.7 Å². The smallest absolute Gasteiger partial charge is 0.134 e. The fourth-order valence-corrected chi connectivity index (χ4v) is 2.65. The standard InChI is InChI=1S/C14H24N4O/c1-3-17(4-2)13-8-14(16-11-15-13)18-7-5-6-12(9-18)10-19/h8,11-12,19H,3-7,9-10H2,1-2H3/t12-/m1/s1. The second-order valence-electron chi connectivity index (χ2n) is 5.04. The number of anilines is 2. The van der Waals surface area contributed by atoms with E-state index in [1.807, 2.05) is 0 Å². The van der Waals surface area contributed by atoms with Crippen molar-refractivity contribution in [3.8, 4) is 0 Å². The normalized spacial score (nSPS) is 19.5. The van der Waals surface area contributed by atoms with Crippen LogP contribution in [0.2, 0.25) is 0 Å². The van der Waals surface area contributed by atoms with Gasteiger partial charge in [-0.15, -0.1) is 0 Å². The lowest BCUT2D eigenvalue weighted by molar-refractivity contribution is 0.208. The van der Waals surface area contributed by atoms with E-state index < -0.39 is 0 Å². The molecule has 0 aromatic carbocycles. The van der Waals surface area contributed by atoms with Crippen molar-refractivity contribution in [1.82, 2.24) is 9.97 Å². The molecule has 1 aromatic rings. The van der Waals surface area contributed by atoms with E-state index in [1.165, 1.54) is 0 Å². The van der Waals surface area contributed by atoms with Crippen LogP contribution in [0.15, 0.2) is 12.4 Å². The maximum absolute atomic E-state index is 9.31. The maximum Gasteiger partial charge on any atom is 0.134 e. The molecule has 1 aliphatic rings. The molecule has 1 fully saturated rings. The van der Waals surface area contributed by atoms with E-state index >= 15 is 0 Å². The Morgan fingerprint density at radius 1 is 1.37 bits per heavy atom. The van der Waals surface area contributed by atoms with Crippen LogP contribution in [0, 0.1) is 5.92 Å². The zero-order valence-electron chi connectivity index (χ0n) is 11.9. The average molecular weight is 264 g/mol. The maximum atomic E-state index is 9.31. The summed E-state index contributed by atoms with van der Waals surface area (Å²) >= 11 is 0. The summed E-state index contributed by atoms with van der Waals surface area (Å²) in [5, 5.41) is 9.31. The minimum atomic E-state index is 0.268. The third kappa shape index (κ3) is 3.35. The molecule has 0 unspecified atom stereocenters. The van der Waals surface area contributed by atoms with Gasteiger partial charge in [0.2, 0.25) is 0 Å². The van der Waals surface area contributed by atoms with Crippen LogP contribution in [-0.2, 0) is 0 Å². The van der Waals surface area contributed by atoms with Crippen LogP contribution in [0.25, 0.3) is 0 Å². The van der Waals surface area contributed by atoms with Crippen LogP contribution in [0.4, 0.5) is 11.6 Å². The molecular weight excluding hydrogens is 240 g/mol. The van der Waals surface area contributed by atoms with Crippen molar-refractivity contribution in [2.24, 2.45) is 5.92 Å². The molecule has 2 rings (SSSR count). The van der Waals surface area contributed by atoms with Crippen molar-refractivity contribution in [3.63, 3.8) is 0 Å². The van der Waals surface area contributed by atoms with Crippen LogP contribution in [0.5, 0.6) is 0 Å². The number of hydrogen-bond donors (Lipinski definition) is 1. The van der Waals surface area contributed by atoms with E-state index in [4.69, 9.17) is 0 Å². The van der Waals surface area contributed by atoms with Crippen molar-refractivity contribution in [2.45, 2.75) is 26.7 Å². The first-order chi connectivity index (χ1) is 9.28. The summed E-state index contributed by atoms with van der Waals surface area (Å²) in [6, 6.07) is 2.06. The molecule has 1 N–H and O–H groups in total. The Kier molecular flexibility index (Phi) is 4.96. The summed E-state index contributed by atoms with van der Waals surface area (Å²) in [7, 11) is 0. The number of nitrogens with zero attached hydrogens (tertiary/aromatic N) is 4. The van der Waals surface area contributed by atoms with Crippen LogP contribution < -0.4 is 9.80 Å². The van der Waals surface area contributed by atoms with Gasteiger partial charge in [0.1, 0.15) is 18.0 Å². The van der Waals surface area contributed by atoms with Gasteiger partial charge in [-0.1, -0.05) is 0 Å². The summed E-state index contributed by atoms with van der Waals surface area (Å²) in [6.07, 6.45) is 3.88. The van der Waals surface area contributed by atoms with Gasteiger partial charge in [0, 0.05) is 38.9 Å². The van der Waals surface area contributed by atoms with Crippen molar-refractivity contribution < 1.29 is 5.11 Å². The summed E-state index contributed by atoms with van der Waals surface area (Å²) in [5.41, 5.74) is 0. The fourth-order valence-electron chi connectivity index (χ4n) is 2.65. The second kappa shape index (κ2) is 6.70. The molecule has 0 radical (unpaired) electrons. The molecule has 1 saturated heterocycles. The SMILES string of the molecule is CCN(CC)c1cc(N2CCC[C@@H](CO)C2)ncn1. The van der Waals surface area contributed by atoms with Gasteiger partial charge in [0.05, 0.1) is 0 Å². The minimum absolute atomic E-state index is 0.268. The largest absolute Gasteiger partial charge is 0.396 e. The highest BCUT2D eigenvalue weighted by molar-refractivity contribution is 5.50.